The smallest absolute Gasteiger partial charge is 0.250 e. The van der Waals surface area contributed by atoms with E-state index >= 15 is 0 Å². The Labute approximate surface area is 154 Å². The highest BCUT2D eigenvalue weighted by Gasteiger charge is 2.39. The second-order valence-electron chi connectivity index (χ2n) is 7.98. The lowest BCUT2D eigenvalue weighted by atomic mass is 10.1. The van der Waals surface area contributed by atoms with Crippen LogP contribution in [0, 0.1) is 0 Å². The molecule has 0 spiro atoms. The lowest BCUT2D eigenvalue weighted by molar-refractivity contribution is 0.0483. The van der Waals surface area contributed by atoms with Crippen molar-refractivity contribution in [2.75, 3.05) is 21.0 Å². The molecular formula is C20H36O4Si. The molecule has 0 saturated carbocycles. The fraction of sp³-hybridized carbons (Fsp3) is 0.700. The summed E-state index contributed by atoms with van der Waals surface area (Å²) in [5.74, 6) is 2.35. The molecule has 0 aliphatic heterocycles. The molecule has 0 amide bonds. The van der Waals surface area contributed by atoms with Crippen LogP contribution in [-0.4, -0.2) is 29.3 Å². The SMILES string of the molecule is CCCCCc1cc(O[Si](C)(C)C(C)(C)C)cc(OC)c1OCOC. The summed E-state index contributed by atoms with van der Waals surface area (Å²) in [6.45, 7) is 13.7. The van der Waals surface area contributed by atoms with Crippen LogP contribution in [0.1, 0.15) is 52.5 Å². The van der Waals surface area contributed by atoms with Crippen LogP contribution in [-0.2, 0) is 11.2 Å². The Morgan fingerprint density at radius 3 is 2.24 bits per heavy atom. The number of ether oxygens (including phenoxy) is 3. The molecule has 0 fully saturated rings. The number of hydrogen-bond acceptors (Lipinski definition) is 4. The van der Waals surface area contributed by atoms with Gasteiger partial charge in [-0.2, -0.15) is 0 Å². The molecule has 0 N–H and O–H groups in total. The molecule has 0 saturated heterocycles. The third kappa shape index (κ3) is 6.23. The van der Waals surface area contributed by atoms with Gasteiger partial charge < -0.3 is 18.6 Å². The van der Waals surface area contributed by atoms with E-state index in [9.17, 15) is 0 Å². The monoisotopic (exact) mass is 368 g/mol. The maximum atomic E-state index is 6.49. The van der Waals surface area contributed by atoms with E-state index in [0.29, 0.717) is 5.75 Å². The number of methoxy groups -OCH3 is 2. The molecule has 0 aliphatic carbocycles. The molecule has 5 heteroatoms. The quantitative estimate of drug-likeness (QED) is 0.297. The standard InChI is InChI=1S/C20H36O4Si/c1-9-10-11-12-16-13-17(24-25(7,8)20(2,3)4)14-18(22-6)19(16)23-15-21-5/h13-14H,9-12,15H2,1-8H3. The van der Waals surface area contributed by atoms with Gasteiger partial charge in [-0.05, 0) is 37.0 Å². The van der Waals surface area contributed by atoms with E-state index in [1.165, 1.54) is 12.8 Å². The summed E-state index contributed by atoms with van der Waals surface area (Å²) in [4.78, 5) is 0. The molecular weight excluding hydrogens is 332 g/mol. The molecule has 1 rings (SSSR count). The van der Waals surface area contributed by atoms with Crippen molar-refractivity contribution in [1.82, 2.24) is 0 Å². The largest absolute Gasteiger partial charge is 0.543 e. The van der Waals surface area contributed by atoms with Crippen molar-refractivity contribution in [3.63, 3.8) is 0 Å². The summed E-state index contributed by atoms with van der Waals surface area (Å²) in [5.41, 5.74) is 1.12. The number of rotatable bonds is 10. The molecule has 4 nitrogen and oxygen atoms in total. The highest BCUT2D eigenvalue weighted by Crippen LogP contribution is 2.41. The predicted octanol–water partition coefficient (Wildman–Crippen LogP) is 5.79. The van der Waals surface area contributed by atoms with Crippen LogP contribution in [0.5, 0.6) is 17.2 Å². The van der Waals surface area contributed by atoms with Crippen molar-refractivity contribution in [3.8, 4) is 17.2 Å². The van der Waals surface area contributed by atoms with Gasteiger partial charge in [-0.15, -0.1) is 0 Å². The fourth-order valence-electron chi connectivity index (χ4n) is 2.32. The molecule has 1 aromatic rings. The maximum Gasteiger partial charge on any atom is 0.250 e. The molecule has 144 valence electrons. The summed E-state index contributed by atoms with van der Waals surface area (Å²) in [6, 6.07) is 4.05. The molecule has 1 aromatic carbocycles. The summed E-state index contributed by atoms with van der Waals surface area (Å²) >= 11 is 0. The number of aryl methyl sites for hydroxylation is 1. The highest BCUT2D eigenvalue weighted by molar-refractivity contribution is 6.74. The van der Waals surface area contributed by atoms with Crippen molar-refractivity contribution in [3.05, 3.63) is 17.7 Å². The van der Waals surface area contributed by atoms with Crippen molar-refractivity contribution in [2.45, 2.75) is 71.5 Å². The van der Waals surface area contributed by atoms with Crippen LogP contribution >= 0.6 is 0 Å². The van der Waals surface area contributed by atoms with Crippen LogP contribution < -0.4 is 13.9 Å². The molecule has 0 aromatic heterocycles. The molecule has 0 bridgehead atoms. The average molecular weight is 369 g/mol. The Morgan fingerprint density at radius 1 is 1.04 bits per heavy atom. The van der Waals surface area contributed by atoms with Gasteiger partial charge in [0.25, 0.3) is 0 Å². The minimum Gasteiger partial charge on any atom is -0.543 e. The topological polar surface area (TPSA) is 36.9 Å². The van der Waals surface area contributed by atoms with Crippen molar-refractivity contribution < 1.29 is 18.6 Å². The van der Waals surface area contributed by atoms with Crippen LogP contribution in [0.3, 0.4) is 0 Å². The first-order chi connectivity index (χ1) is 11.7. The zero-order valence-electron chi connectivity index (χ0n) is 17.3. The number of benzene rings is 1. The Morgan fingerprint density at radius 2 is 1.72 bits per heavy atom. The van der Waals surface area contributed by atoms with Crippen molar-refractivity contribution in [2.24, 2.45) is 0 Å². The van der Waals surface area contributed by atoms with E-state index in [1.54, 1.807) is 14.2 Å². The number of hydrogen-bond donors (Lipinski definition) is 0. The maximum absolute atomic E-state index is 6.49. The zero-order chi connectivity index (χ0) is 19.1. The van der Waals surface area contributed by atoms with Crippen LogP contribution in [0.15, 0.2) is 12.1 Å². The summed E-state index contributed by atoms with van der Waals surface area (Å²) in [7, 11) is 1.38. The van der Waals surface area contributed by atoms with Crippen molar-refractivity contribution in [1.29, 1.82) is 0 Å². The third-order valence-corrected chi connectivity index (χ3v) is 9.23. The van der Waals surface area contributed by atoms with Crippen LogP contribution in [0.4, 0.5) is 0 Å². The molecule has 25 heavy (non-hydrogen) atoms. The normalized spacial score (nSPS) is 12.2. The second kappa shape index (κ2) is 9.48. The Bertz CT molecular complexity index is 535. The summed E-state index contributed by atoms with van der Waals surface area (Å²) in [6.07, 6.45) is 4.44. The van der Waals surface area contributed by atoms with Gasteiger partial charge in [-0.25, -0.2) is 0 Å². The lowest BCUT2D eigenvalue weighted by Gasteiger charge is -2.36. The lowest BCUT2D eigenvalue weighted by Crippen LogP contribution is -2.43. The average Bonchev–Trinajstić information content (AvgIpc) is 2.52. The van der Waals surface area contributed by atoms with Gasteiger partial charge in [-0.1, -0.05) is 40.5 Å². The highest BCUT2D eigenvalue weighted by atomic mass is 28.4. The summed E-state index contributed by atoms with van der Waals surface area (Å²) in [5, 5.41) is 0.147. The predicted molar refractivity (Wildman–Crippen MR) is 107 cm³/mol. The Kier molecular flexibility index (Phi) is 8.28. The van der Waals surface area contributed by atoms with E-state index in [0.717, 1.165) is 29.9 Å². The van der Waals surface area contributed by atoms with E-state index in [1.807, 2.05) is 6.07 Å². The van der Waals surface area contributed by atoms with Gasteiger partial charge in [0.15, 0.2) is 18.3 Å². The van der Waals surface area contributed by atoms with E-state index < -0.39 is 8.32 Å². The Balaban J connectivity index is 3.20. The molecule has 0 atom stereocenters. The minimum absolute atomic E-state index is 0.147. The zero-order valence-corrected chi connectivity index (χ0v) is 18.3. The van der Waals surface area contributed by atoms with Crippen molar-refractivity contribution >= 4 is 8.32 Å². The van der Waals surface area contributed by atoms with Gasteiger partial charge in [0.2, 0.25) is 8.32 Å². The van der Waals surface area contributed by atoms with E-state index in [2.05, 4.69) is 46.9 Å². The molecule has 0 unspecified atom stereocenters. The van der Waals surface area contributed by atoms with Gasteiger partial charge in [-0.3, -0.25) is 0 Å². The van der Waals surface area contributed by atoms with E-state index in [4.69, 9.17) is 18.6 Å². The molecule has 0 heterocycles. The van der Waals surface area contributed by atoms with Crippen LogP contribution in [0.2, 0.25) is 18.1 Å². The molecule has 0 radical (unpaired) electrons. The Hall–Kier alpha value is -1.20. The first kappa shape index (κ1) is 21.8. The number of unbranched alkanes of at least 4 members (excludes halogenated alkanes) is 2. The van der Waals surface area contributed by atoms with Gasteiger partial charge in [0.05, 0.1) is 7.11 Å². The van der Waals surface area contributed by atoms with Gasteiger partial charge in [0, 0.05) is 18.7 Å². The van der Waals surface area contributed by atoms with Gasteiger partial charge >= 0.3 is 0 Å². The molecule has 0 aliphatic rings. The second-order valence-corrected chi connectivity index (χ2v) is 12.7. The first-order valence-corrected chi connectivity index (χ1v) is 12.1. The minimum atomic E-state index is -1.91. The third-order valence-electron chi connectivity index (χ3n) is 4.88. The fourth-order valence-corrected chi connectivity index (χ4v) is 3.34. The van der Waals surface area contributed by atoms with E-state index in [-0.39, 0.29) is 11.8 Å². The van der Waals surface area contributed by atoms with Crippen LogP contribution in [0.25, 0.3) is 0 Å². The summed E-state index contributed by atoms with van der Waals surface area (Å²) < 4.78 is 23.0. The van der Waals surface area contributed by atoms with Gasteiger partial charge in [0.1, 0.15) is 5.75 Å². The first-order valence-electron chi connectivity index (χ1n) is 9.18.